The maximum Gasteiger partial charge on any atom is 0.226 e. The minimum absolute atomic E-state index is 0.0620. The van der Waals surface area contributed by atoms with Crippen LogP contribution < -0.4 is 19.5 Å². The highest BCUT2D eigenvalue weighted by Crippen LogP contribution is 2.46. The summed E-state index contributed by atoms with van der Waals surface area (Å²) >= 11 is 0. The number of ether oxygens (including phenoxy) is 3. The number of hydrogen-bond acceptors (Lipinski definition) is 7. The Labute approximate surface area is 145 Å². The first-order chi connectivity index (χ1) is 12.0. The van der Waals surface area contributed by atoms with E-state index in [1.165, 1.54) is 13.3 Å². The Morgan fingerprint density at radius 2 is 1.88 bits per heavy atom. The van der Waals surface area contributed by atoms with Crippen LogP contribution in [0.4, 0.5) is 5.95 Å². The molecule has 2 heterocycles. The second kappa shape index (κ2) is 6.46. The summed E-state index contributed by atoms with van der Waals surface area (Å²) in [5, 5.41) is 7.40. The van der Waals surface area contributed by atoms with Crippen LogP contribution in [0.5, 0.6) is 17.2 Å². The predicted octanol–water partition coefficient (Wildman–Crippen LogP) is 2.18. The average Bonchev–Trinajstić information content (AvgIpc) is 3.06. The maximum atomic E-state index is 12.3. The second-order valence-electron chi connectivity index (χ2n) is 5.57. The molecule has 0 aliphatic carbocycles. The van der Waals surface area contributed by atoms with Gasteiger partial charge >= 0.3 is 0 Å². The Kier molecular flexibility index (Phi) is 4.35. The lowest BCUT2D eigenvalue weighted by atomic mass is 9.92. The summed E-state index contributed by atoms with van der Waals surface area (Å²) in [6.07, 6.45) is 1.44. The second-order valence-corrected chi connectivity index (χ2v) is 5.57. The van der Waals surface area contributed by atoms with E-state index < -0.39 is 6.04 Å². The Bertz CT molecular complexity index is 856. The Morgan fingerprint density at radius 1 is 1.16 bits per heavy atom. The number of Topliss-reactive ketones (excluding diaryl/α,β-unsaturated/α-hetero) is 1. The smallest absolute Gasteiger partial charge is 0.226 e. The lowest BCUT2D eigenvalue weighted by Crippen LogP contribution is -2.28. The molecule has 1 aliphatic heterocycles. The molecule has 0 fully saturated rings. The zero-order valence-corrected chi connectivity index (χ0v) is 14.8. The quantitative estimate of drug-likeness (QED) is 0.889. The van der Waals surface area contributed by atoms with E-state index in [4.69, 9.17) is 14.2 Å². The Balaban J connectivity index is 2.29. The lowest BCUT2D eigenvalue weighted by Gasteiger charge is -2.29. The molecule has 25 heavy (non-hydrogen) atoms. The van der Waals surface area contributed by atoms with Crippen molar-refractivity contribution in [3.63, 3.8) is 0 Å². The van der Waals surface area contributed by atoms with E-state index >= 15 is 0 Å². The molecule has 8 heteroatoms. The maximum absolute atomic E-state index is 12.3. The topological polar surface area (TPSA) is 87.5 Å². The molecule has 0 spiro atoms. The number of rotatable bonds is 5. The number of nitrogens with zero attached hydrogens (tertiary/aromatic N) is 3. The van der Waals surface area contributed by atoms with Gasteiger partial charge in [-0.15, -0.1) is 0 Å². The van der Waals surface area contributed by atoms with Gasteiger partial charge in [-0.2, -0.15) is 10.1 Å². The third kappa shape index (κ3) is 2.59. The van der Waals surface area contributed by atoms with Crippen molar-refractivity contribution >= 4 is 11.7 Å². The van der Waals surface area contributed by atoms with Crippen LogP contribution in [-0.4, -0.2) is 41.9 Å². The average molecular weight is 344 g/mol. The molecule has 0 radical (unpaired) electrons. The molecule has 1 atom stereocenters. The van der Waals surface area contributed by atoms with Crippen LogP contribution in [0, 0.1) is 0 Å². The van der Waals surface area contributed by atoms with Crippen molar-refractivity contribution in [1.82, 2.24) is 14.8 Å². The molecule has 0 amide bonds. The highest BCUT2D eigenvalue weighted by molar-refractivity contribution is 5.96. The van der Waals surface area contributed by atoms with E-state index in [1.54, 1.807) is 32.1 Å². The van der Waals surface area contributed by atoms with Gasteiger partial charge in [0.1, 0.15) is 12.4 Å². The molecule has 1 aliphatic rings. The fraction of sp³-hybridized carbons (Fsp3) is 0.353. The van der Waals surface area contributed by atoms with Gasteiger partial charge in [-0.3, -0.25) is 4.79 Å². The molecule has 8 nitrogen and oxygen atoms in total. The van der Waals surface area contributed by atoms with Crippen LogP contribution >= 0.6 is 0 Å². The van der Waals surface area contributed by atoms with E-state index in [2.05, 4.69) is 15.4 Å². The number of carbonyl (C=O) groups excluding carboxylic acids is 1. The Hall–Kier alpha value is -3.03. The number of methoxy groups -OCH3 is 3. The van der Waals surface area contributed by atoms with Crippen LogP contribution in [0.3, 0.4) is 0 Å². The molecular formula is C17H20N4O4. The monoisotopic (exact) mass is 344 g/mol. The SMILES string of the molecule is COc1ccc([C@H]2C(C(C)=O)=C(C)Nc3ncnn32)c(OC)c1OC. The zero-order valence-electron chi connectivity index (χ0n) is 14.8. The van der Waals surface area contributed by atoms with Crippen LogP contribution in [-0.2, 0) is 4.79 Å². The van der Waals surface area contributed by atoms with Gasteiger partial charge in [0.15, 0.2) is 17.3 Å². The molecule has 0 saturated carbocycles. The first kappa shape index (κ1) is 16.8. The summed E-state index contributed by atoms with van der Waals surface area (Å²) < 4.78 is 18.1. The standard InChI is InChI=1S/C17H20N4O4/c1-9-13(10(2)22)14(21-17(20-9)18-8-19-21)11-6-7-12(23-3)16(25-5)15(11)24-4/h6-8,14H,1-5H3,(H,18,19,20)/t14-/m0/s1. The number of carbonyl (C=O) groups is 1. The molecule has 0 saturated heterocycles. The molecule has 3 rings (SSSR count). The highest BCUT2D eigenvalue weighted by Gasteiger charge is 2.35. The van der Waals surface area contributed by atoms with Crippen LogP contribution in [0.2, 0.25) is 0 Å². The predicted molar refractivity (Wildman–Crippen MR) is 91.3 cm³/mol. The van der Waals surface area contributed by atoms with Gasteiger partial charge in [0.05, 0.1) is 21.3 Å². The van der Waals surface area contributed by atoms with Crippen molar-refractivity contribution in [2.45, 2.75) is 19.9 Å². The van der Waals surface area contributed by atoms with Crippen LogP contribution in [0.25, 0.3) is 0 Å². The number of hydrogen-bond donors (Lipinski definition) is 1. The summed E-state index contributed by atoms with van der Waals surface area (Å²) in [4.78, 5) is 16.6. The molecule has 132 valence electrons. The molecule has 1 aromatic carbocycles. The first-order valence-electron chi connectivity index (χ1n) is 7.70. The third-order valence-electron chi connectivity index (χ3n) is 4.20. The summed E-state index contributed by atoms with van der Waals surface area (Å²) in [7, 11) is 4.65. The van der Waals surface area contributed by atoms with Gasteiger partial charge in [0.2, 0.25) is 11.7 Å². The van der Waals surface area contributed by atoms with E-state index in [0.717, 1.165) is 11.3 Å². The number of anilines is 1. The highest BCUT2D eigenvalue weighted by atomic mass is 16.5. The van der Waals surface area contributed by atoms with Gasteiger partial charge in [0.25, 0.3) is 0 Å². The largest absolute Gasteiger partial charge is 0.493 e. The number of nitrogens with one attached hydrogen (secondary N) is 1. The number of fused-ring (bicyclic) bond motifs is 1. The van der Waals surface area contributed by atoms with Crippen LogP contribution in [0.15, 0.2) is 29.7 Å². The summed E-state index contributed by atoms with van der Waals surface area (Å²) in [6, 6.07) is 3.14. The van der Waals surface area contributed by atoms with Gasteiger partial charge in [-0.25, -0.2) is 4.68 Å². The Morgan fingerprint density at radius 3 is 2.48 bits per heavy atom. The molecule has 0 bridgehead atoms. The minimum Gasteiger partial charge on any atom is -0.493 e. The third-order valence-corrected chi connectivity index (χ3v) is 4.20. The van der Waals surface area contributed by atoms with Gasteiger partial charge in [0, 0.05) is 16.8 Å². The van der Waals surface area contributed by atoms with Crippen LogP contribution in [0.1, 0.15) is 25.5 Å². The summed E-state index contributed by atoms with van der Waals surface area (Å²) in [6.45, 7) is 3.37. The minimum atomic E-state index is -0.481. The number of aromatic nitrogens is 3. The summed E-state index contributed by atoms with van der Waals surface area (Å²) in [5.74, 6) is 1.99. The number of benzene rings is 1. The van der Waals surface area contributed by atoms with Gasteiger partial charge in [-0.05, 0) is 26.0 Å². The molecule has 1 N–H and O–H groups in total. The molecule has 0 unspecified atom stereocenters. The summed E-state index contributed by atoms with van der Waals surface area (Å²) in [5.41, 5.74) is 2.05. The van der Waals surface area contributed by atoms with Crippen molar-refractivity contribution in [2.75, 3.05) is 26.6 Å². The first-order valence-corrected chi connectivity index (χ1v) is 7.70. The normalized spacial score (nSPS) is 16.1. The number of allylic oxidation sites excluding steroid dienone is 2. The van der Waals surface area contributed by atoms with E-state index in [1.807, 2.05) is 13.0 Å². The van der Waals surface area contributed by atoms with Crippen molar-refractivity contribution in [1.29, 1.82) is 0 Å². The van der Waals surface area contributed by atoms with Gasteiger partial charge in [-0.1, -0.05) is 0 Å². The number of ketones is 1. The van der Waals surface area contributed by atoms with Crippen molar-refractivity contribution < 1.29 is 19.0 Å². The van der Waals surface area contributed by atoms with Crippen molar-refractivity contribution in [2.24, 2.45) is 0 Å². The van der Waals surface area contributed by atoms with E-state index in [-0.39, 0.29) is 5.78 Å². The van der Waals surface area contributed by atoms with E-state index in [0.29, 0.717) is 28.8 Å². The molecule has 1 aromatic heterocycles. The molecule has 2 aromatic rings. The lowest BCUT2D eigenvalue weighted by molar-refractivity contribution is -0.114. The fourth-order valence-corrected chi connectivity index (χ4v) is 3.17. The molecular weight excluding hydrogens is 324 g/mol. The van der Waals surface area contributed by atoms with E-state index in [9.17, 15) is 4.79 Å². The van der Waals surface area contributed by atoms with Crippen molar-refractivity contribution in [3.8, 4) is 17.2 Å². The fourth-order valence-electron chi connectivity index (χ4n) is 3.17. The zero-order chi connectivity index (χ0) is 18.1. The van der Waals surface area contributed by atoms with Gasteiger partial charge < -0.3 is 19.5 Å². The van der Waals surface area contributed by atoms with Crippen molar-refractivity contribution in [3.05, 3.63) is 35.3 Å².